The van der Waals surface area contributed by atoms with Crippen molar-refractivity contribution in [1.29, 1.82) is 0 Å². The van der Waals surface area contributed by atoms with Gasteiger partial charge in [-0.05, 0) is 54.8 Å². The first kappa shape index (κ1) is 17.4. The van der Waals surface area contributed by atoms with Crippen molar-refractivity contribution in [2.24, 2.45) is 0 Å². The molecule has 0 saturated carbocycles. The van der Waals surface area contributed by atoms with Crippen molar-refractivity contribution < 1.29 is 13.9 Å². The van der Waals surface area contributed by atoms with Gasteiger partial charge in [0, 0.05) is 23.7 Å². The number of benzene rings is 2. The Labute approximate surface area is 156 Å². The number of hydrogen-bond donors (Lipinski definition) is 2. The Bertz CT molecular complexity index is 1010. The Morgan fingerprint density at radius 2 is 2.15 bits per heavy atom. The van der Waals surface area contributed by atoms with Crippen LogP contribution in [0.1, 0.15) is 23.6 Å². The quantitative estimate of drug-likeness (QED) is 0.716. The molecule has 2 aromatic carbocycles. The number of amides is 1. The van der Waals surface area contributed by atoms with Crippen LogP contribution in [0.25, 0.3) is 10.9 Å². The number of ether oxygens (including phenoxy) is 1. The van der Waals surface area contributed by atoms with E-state index in [2.05, 4.69) is 15.6 Å². The average molecular weight is 365 g/mol. The van der Waals surface area contributed by atoms with Crippen molar-refractivity contribution in [3.05, 3.63) is 65.5 Å². The Morgan fingerprint density at radius 3 is 3.00 bits per heavy atom. The number of rotatable bonds is 5. The van der Waals surface area contributed by atoms with Gasteiger partial charge in [-0.3, -0.25) is 4.79 Å². The molecule has 5 nitrogen and oxygen atoms in total. The van der Waals surface area contributed by atoms with Crippen LogP contribution in [0, 0.1) is 5.82 Å². The number of halogens is 1. The van der Waals surface area contributed by atoms with E-state index in [1.165, 1.54) is 13.2 Å². The molecule has 0 spiro atoms. The molecule has 138 valence electrons. The second-order valence-electron chi connectivity index (χ2n) is 6.63. The van der Waals surface area contributed by atoms with Crippen LogP contribution in [-0.4, -0.2) is 24.6 Å². The first-order valence-corrected chi connectivity index (χ1v) is 8.87. The molecule has 1 aliphatic rings. The molecular weight excluding hydrogens is 345 g/mol. The van der Waals surface area contributed by atoms with Crippen molar-refractivity contribution in [1.82, 2.24) is 4.98 Å². The highest BCUT2D eigenvalue weighted by Crippen LogP contribution is 2.35. The van der Waals surface area contributed by atoms with Gasteiger partial charge in [0.1, 0.15) is 18.2 Å². The largest absolute Gasteiger partial charge is 0.375 e. The van der Waals surface area contributed by atoms with Gasteiger partial charge in [-0.1, -0.05) is 12.1 Å². The summed E-state index contributed by atoms with van der Waals surface area (Å²) in [4.78, 5) is 16.3. The molecule has 1 atom stereocenters. The maximum absolute atomic E-state index is 14.2. The van der Waals surface area contributed by atoms with Crippen molar-refractivity contribution in [2.45, 2.75) is 18.9 Å². The van der Waals surface area contributed by atoms with Crippen LogP contribution in [0.2, 0.25) is 0 Å². The fraction of sp³-hybridized carbons (Fsp3) is 0.238. The third-order valence-corrected chi connectivity index (χ3v) is 4.76. The Morgan fingerprint density at radius 1 is 1.26 bits per heavy atom. The second kappa shape index (κ2) is 7.32. The monoisotopic (exact) mass is 365 g/mol. The van der Waals surface area contributed by atoms with Gasteiger partial charge < -0.3 is 15.4 Å². The summed E-state index contributed by atoms with van der Waals surface area (Å²) >= 11 is 0. The normalized spacial score (nSPS) is 15.6. The number of nitrogens with zero attached hydrogens (tertiary/aromatic N) is 1. The summed E-state index contributed by atoms with van der Waals surface area (Å²) in [6.07, 6.45) is 1.71. The molecule has 1 aromatic heterocycles. The summed E-state index contributed by atoms with van der Waals surface area (Å²) in [5.74, 6) is 0.338. The molecule has 6 heteroatoms. The van der Waals surface area contributed by atoms with Gasteiger partial charge in [-0.2, -0.15) is 0 Å². The first-order valence-electron chi connectivity index (χ1n) is 8.87. The molecule has 0 saturated heterocycles. The average Bonchev–Trinajstić information content (AvgIpc) is 3.06. The highest BCUT2D eigenvalue weighted by atomic mass is 19.1. The number of methoxy groups -OCH3 is 1. The molecule has 0 radical (unpaired) electrons. The second-order valence-corrected chi connectivity index (χ2v) is 6.63. The van der Waals surface area contributed by atoms with Gasteiger partial charge >= 0.3 is 0 Å². The summed E-state index contributed by atoms with van der Waals surface area (Å²) < 4.78 is 19.0. The standard InChI is InChI=1S/C21H20FN3O2/c1-27-12-20(26)23-15-7-9-17-14(11-15)6-10-19(24-17)25-18-8-5-13-3-2-4-16(22)21(13)18/h2-4,6-7,9-11,18H,5,8,12H2,1H3,(H,23,26)(H,24,25). The number of carbonyl (C=O) groups excluding carboxylic acids is 1. The molecular formula is C21H20FN3O2. The lowest BCUT2D eigenvalue weighted by atomic mass is 10.1. The number of anilines is 2. The van der Waals surface area contributed by atoms with Crippen LogP contribution < -0.4 is 10.6 Å². The summed E-state index contributed by atoms with van der Waals surface area (Å²) in [5.41, 5.74) is 3.30. The predicted octanol–water partition coefficient (Wildman–Crippen LogP) is 4.06. The maximum atomic E-state index is 14.2. The molecule has 1 unspecified atom stereocenters. The molecule has 27 heavy (non-hydrogen) atoms. The lowest BCUT2D eigenvalue weighted by molar-refractivity contribution is -0.119. The van der Waals surface area contributed by atoms with Crippen molar-refractivity contribution >= 4 is 28.3 Å². The third-order valence-electron chi connectivity index (χ3n) is 4.76. The number of aromatic nitrogens is 1. The molecule has 1 aliphatic carbocycles. The van der Waals surface area contributed by atoms with Gasteiger partial charge in [-0.25, -0.2) is 9.37 Å². The molecule has 4 rings (SSSR count). The maximum Gasteiger partial charge on any atom is 0.250 e. The number of carbonyl (C=O) groups is 1. The molecule has 3 aromatic rings. The van der Waals surface area contributed by atoms with Gasteiger partial charge in [0.25, 0.3) is 0 Å². The molecule has 0 aliphatic heterocycles. The van der Waals surface area contributed by atoms with Crippen molar-refractivity contribution in [2.75, 3.05) is 24.4 Å². The van der Waals surface area contributed by atoms with Crippen molar-refractivity contribution in [3.8, 4) is 0 Å². The van der Waals surface area contributed by atoms with Gasteiger partial charge in [0.05, 0.1) is 11.6 Å². The summed E-state index contributed by atoms with van der Waals surface area (Å²) in [6, 6.07) is 14.5. The number of aryl methyl sites for hydroxylation is 1. The van der Waals surface area contributed by atoms with Crippen LogP contribution >= 0.6 is 0 Å². The van der Waals surface area contributed by atoms with Crippen LogP contribution in [-0.2, 0) is 16.0 Å². The zero-order chi connectivity index (χ0) is 18.8. The molecule has 0 bridgehead atoms. The summed E-state index contributed by atoms with van der Waals surface area (Å²) in [7, 11) is 1.48. The van der Waals surface area contributed by atoms with Gasteiger partial charge in [0.2, 0.25) is 5.91 Å². The minimum atomic E-state index is -0.204. The van der Waals surface area contributed by atoms with E-state index < -0.39 is 0 Å². The lowest BCUT2D eigenvalue weighted by Gasteiger charge is -2.16. The number of nitrogens with one attached hydrogen (secondary N) is 2. The van der Waals surface area contributed by atoms with E-state index in [0.717, 1.165) is 34.9 Å². The zero-order valence-electron chi connectivity index (χ0n) is 15.0. The summed E-state index contributed by atoms with van der Waals surface area (Å²) in [5, 5.41) is 7.04. The van der Waals surface area contributed by atoms with Crippen LogP contribution in [0.4, 0.5) is 15.9 Å². The minimum absolute atomic E-state index is 0.0125. The van der Waals surface area contributed by atoms with Crippen LogP contribution in [0.15, 0.2) is 48.5 Å². The lowest BCUT2D eigenvalue weighted by Crippen LogP contribution is -2.16. The summed E-state index contributed by atoms with van der Waals surface area (Å²) in [6.45, 7) is 0.0125. The fourth-order valence-electron chi connectivity index (χ4n) is 3.57. The smallest absolute Gasteiger partial charge is 0.250 e. The minimum Gasteiger partial charge on any atom is -0.375 e. The molecule has 1 heterocycles. The Kier molecular flexibility index (Phi) is 4.73. The predicted molar refractivity (Wildman–Crippen MR) is 103 cm³/mol. The van der Waals surface area contributed by atoms with Crippen molar-refractivity contribution in [3.63, 3.8) is 0 Å². The zero-order valence-corrected chi connectivity index (χ0v) is 15.0. The SMILES string of the molecule is COCC(=O)Nc1ccc2nc(NC3CCc4cccc(F)c43)ccc2c1. The first-order chi connectivity index (χ1) is 13.1. The van der Waals surface area contributed by atoms with E-state index in [0.29, 0.717) is 11.5 Å². The highest BCUT2D eigenvalue weighted by molar-refractivity contribution is 5.94. The van der Waals surface area contributed by atoms with Crippen LogP contribution in [0.5, 0.6) is 0 Å². The van der Waals surface area contributed by atoms with E-state index in [1.54, 1.807) is 12.1 Å². The molecule has 2 N–H and O–H groups in total. The van der Waals surface area contributed by atoms with Gasteiger partial charge in [-0.15, -0.1) is 0 Å². The highest BCUT2D eigenvalue weighted by Gasteiger charge is 2.25. The topological polar surface area (TPSA) is 63.2 Å². The van der Waals surface area contributed by atoms with Crippen LogP contribution in [0.3, 0.4) is 0 Å². The molecule has 0 fully saturated rings. The third kappa shape index (κ3) is 3.61. The fourth-order valence-corrected chi connectivity index (χ4v) is 3.57. The van der Waals surface area contributed by atoms with E-state index in [4.69, 9.17) is 4.74 Å². The number of pyridine rings is 1. The number of hydrogen-bond acceptors (Lipinski definition) is 4. The van der Waals surface area contributed by atoms with E-state index in [1.807, 2.05) is 30.3 Å². The Balaban J connectivity index is 1.54. The number of fused-ring (bicyclic) bond motifs is 2. The van der Waals surface area contributed by atoms with E-state index in [9.17, 15) is 9.18 Å². The van der Waals surface area contributed by atoms with Gasteiger partial charge in [0.15, 0.2) is 0 Å². The Hall–Kier alpha value is -2.99. The van der Waals surface area contributed by atoms with E-state index >= 15 is 0 Å². The van der Waals surface area contributed by atoms with E-state index in [-0.39, 0.29) is 24.4 Å². The molecule has 1 amide bonds.